The predicted molar refractivity (Wildman–Crippen MR) is 97.4 cm³/mol. The van der Waals surface area contributed by atoms with Gasteiger partial charge in [0.15, 0.2) is 28.3 Å². The number of thiazole rings is 1. The van der Waals surface area contributed by atoms with E-state index >= 15 is 0 Å². The summed E-state index contributed by atoms with van der Waals surface area (Å²) in [4.78, 5) is 16.3. The standard InChI is InChI=1S/C19H15F3N2O2S/c1-26-17-6-2-11(8-15(17)22)3-7-18(25)24-19-23-16(10-27-19)12-4-5-13(20)14(21)9-12/h2,4-6,8-10H,3,7H2,1H3,(H,23,24,25). The van der Waals surface area contributed by atoms with Crippen molar-refractivity contribution in [2.24, 2.45) is 0 Å². The maximum absolute atomic E-state index is 13.7. The average Bonchev–Trinajstić information content (AvgIpc) is 3.11. The number of halogens is 3. The van der Waals surface area contributed by atoms with Crippen molar-refractivity contribution in [2.75, 3.05) is 12.4 Å². The molecule has 0 unspecified atom stereocenters. The lowest BCUT2D eigenvalue weighted by atomic mass is 10.1. The van der Waals surface area contributed by atoms with Crippen molar-refractivity contribution in [1.29, 1.82) is 0 Å². The first-order valence-corrected chi connectivity index (χ1v) is 8.87. The third-order valence-electron chi connectivity index (χ3n) is 3.82. The maximum Gasteiger partial charge on any atom is 0.226 e. The number of aryl methyl sites for hydroxylation is 1. The van der Waals surface area contributed by atoms with E-state index in [-0.39, 0.29) is 18.1 Å². The number of benzene rings is 2. The molecule has 3 rings (SSSR count). The number of rotatable bonds is 6. The highest BCUT2D eigenvalue weighted by Gasteiger charge is 2.11. The molecule has 0 aliphatic carbocycles. The molecule has 1 heterocycles. The van der Waals surface area contributed by atoms with E-state index in [4.69, 9.17) is 4.74 Å². The van der Waals surface area contributed by atoms with Crippen molar-refractivity contribution < 1.29 is 22.7 Å². The third-order valence-corrected chi connectivity index (χ3v) is 4.58. The lowest BCUT2D eigenvalue weighted by Gasteiger charge is -2.05. The molecule has 0 aliphatic rings. The van der Waals surface area contributed by atoms with Gasteiger partial charge in [0.05, 0.1) is 12.8 Å². The summed E-state index contributed by atoms with van der Waals surface area (Å²) in [6.07, 6.45) is 0.500. The van der Waals surface area contributed by atoms with Crippen LogP contribution in [0.25, 0.3) is 11.3 Å². The van der Waals surface area contributed by atoms with Gasteiger partial charge in [-0.25, -0.2) is 18.2 Å². The zero-order valence-corrected chi connectivity index (χ0v) is 15.1. The van der Waals surface area contributed by atoms with Gasteiger partial charge in [-0.15, -0.1) is 11.3 Å². The number of carbonyl (C=O) groups excluding carboxylic acids is 1. The van der Waals surface area contributed by atoms with Crippen molar-refractivity contribution in [3.63, 3.8) is 0 Å². The Labute approximate surface area is 157 Å². The second kappa shape index (κ2) is 8.22. The molecular formula is C19H15F3N2O2S. The van der Waals surface area contributed by atoms with Crippen LogP contribution in [-0.4, -0.2) is 18.0 Å². The average molecular weight is 392 g/mol. The molecule has 27 heavy (non-hydrogen) atoms. The molecule has 2 aromatic carbocycles. The topological polar surface area (TPSA) is 51.2 Å². The molecule has 0 radical (unpaired) electrons. The van der Waals surface area contributed by atoms with Gasteiger partial charge in [-0.3, -0.25) is 4.79 Å². The van der Waals surface area contributed by atoms with Gasteiger partial charge in [-0.05, 0) is 42.3 Å². The summed E-state index contributed by atoms with van der Waals surface area (Å²) < 4.78 is 44.8. The van der Waals surface area contributed by atoms with E-state index in [0.717, 1.165) is 12.1 Å². The van der Waals surface area contributed by atoms with Crippen LogP contribution in [0.4, 0.5) is 18.3 Å². The fraction of sp³-hybridized carbons (Fsp3) is 0.158. The number of aromatic nitrogens is 1. The molecule has 1 N–H and O–H groups in total. The molecule has 0 saturated carbocycles. The molecule has 4 nitrogen and oxygen atoms in total. The molecule has 3 aromatic rings. The molecule has 140 valence electrons. The van der Waals surface area contributed by atoms with Crippen LogP contribution in [0.3, 0.4) is 0 Å². The number of anilines is 1. The maximum atomic E-state index is 13.7. The van der Waals surface area contributed by atoms with E-state index in [1.54, 1.807) is 11.4 Å². The number of amides is 1. The summed E-state index contributed by atoms with van der Waals surface area (Å²) in [5, 5.41) is 4.64. The first-order valence-electron chi connectivity index (χ1n) is 7.99. The van der Waals surface area contributed by atoms with Gasteiger partial charge in [0.1, 0.15) is 0 Å². The minimum absolute atomic E-state index is 0.145. The van der Waals surface area contributed by atoms with Gasteiger partial charge in [0, 0.05) is 17.4 Å². The van der Waals surface area contributed by atoms with Crippen LogP contribution in [-0.2, 0) is 11.2 Å². The van der Waals surface area contributed by atoms with E-state index in [1.165, 1.54) is 36.6 Å². The Kier molecular flexibility index (Phi) is 5.75. The highest BCUT2D eigenvalue weighted by molar-refractivity contribution is 7.14. The summed E-state index contributed by atoms with van der Waals surface area (Å²) in [6, 6.07) is 8.02. The van der Waals surface area contributed by atoms with Crippen molar-refractivity contribution in [2.45, 2.75) is 12.8 Å². The van der Waals surface area contributed by atoms with Gasteiger partial charge in [-0.1, -0.05) is 6.07 Å². The molecule has 1 amide bonds. The van der Waals surface area contributed by atoms with E-state index in [2.05, 4.69) is 10.3 Å². The molecule has 0 bridgehead atoms. The van der Waals surface area contributed by atoms with Gasteiger partial charge >= 0.3 is 0 Å². The minimum Gasteiger partial charge on any atom is -0.494 e. The van der Waals surface area contributed by atoms with Crippen LogP contribution in [0.1, 0.15) is 12.0 Å². The largest absolute Gasteiger partial charge is 0.494 e. The summed E-state index contributed by atoms with van der Waals surface area (Å²) in [7, 11) is 1.38. The molecule has 0 spiro atoms. The number of carbonyl (C=O) groups is 1. The first kappa shape index (κ1) is 18.9. The zero-order chi connectivity index (χ0) is 19.4. The lowest BCUT2D eigenvalue weighted by Crippen LogP contribution is -2.12. The van der Waals surface area contributed by atoms with E-state index in [1.807, 2.05) is 0 Å². The Balaban J connectivity index is 1.59. The molecule has 0 fully saturated rings. The smallest absolute Gasteiger partial charge is 0.226 e. The third kappa shape index (κ3) is 4.65. The molecule has 0 atom stereocenters. The highest BCUT2D eigenvalue weighted by atomic mass is 32.1. The predicted octanol–water partition coefficient (Wildman–Crippen LogP) is 4.81. The Morgan fingerprint density at radius 2 is 1.93 bits per heavy atom. The van der Waals surface area contributed by atoms with E-state index < -0.39 is 17.5 Å². The summed E-state index contributed by atoms with van der Waals surface area (Å²) in [5.74, 6) is -2.50. The van der Waals surface area contributed by atoms with E-state index in [9.17, 15) is 18.0 Å². The van der Waals surface area contributed by atoms with Gasteiger partial charge in [0.2, 0.25) is 5.91 Å². The van der Waals surface area contributed by atoms with Gasteiger partial charge < -0.3 is 10.1 Å². The molecule has 1 aromatic heterocycles. The Morgan fingerprint density at radius 1 is 1.11 bits per heavy atom. The number of methoxy groups -OCH3 is 1. The van der Waals surface area contributed by atoms with E-state index in [0.29, 0.717) is 28.4 Å². The minimum atomic E-state index is -0.960. The highest BCUT2D eigenvalue weighted by Crippen LogP contribution is 2.26. The van der Waals surface area contributed by atoms with Crippen molar-refractivity contribution in [1.82, 2.24) is 4.98 Å². The van der Waals surface area contributed by atoms with Crippen molar-refractivity contribution in [3.8, 4) is 17.0 Å². The number of hydrogen-bond donors (Lipinski definition) is 1. The fourth-order valence-corrected chi connectivity index (χ4v) is 3.16. The molecular weight excluding hydrogens is 377 g/mol. The number of hydrogen-bond acceptors (Lipinski definition) is 4. The van der Waals surface area contributed by atoms with Gasteiger partial charge in [0.25, 0.3) is 0 Å². The van der Waals surface area contributed by atoms with Crippen LogP contribution < -0.4 is 10.1 Å². The quantitative estimate of drug-likeness (QED) is 0.655. The zero-order valence-electron chi connectivity index (χ0n) is 14.3. The number of ether oxygens (including phenoxy) is 1. The second-order valence-corrected chi connectivity index (χ2v) is 6.54. The Bertz CT molecular complexity index is 975. The van der Waals surface area contributed by atoms with Crippen LogP contribution >= 0.6 is 11.3 Å². The first-order chi connectivity index (χ1) is 13.0. The number of nitrogens with zero attached hydrogens (tertiary/aromatic N) is 1. The lowest BCUT2D eigenvalue weighted by molar-refractivity contribution is -0.116. The SMILES string of the molecule is COc1ccc(CCC(=O)Nc2nc(-c3ccc(F)c(F)c3)cs2)cc1F. The monoisotopic (exact) mass is 392 g/mol. The summed E-state index contributed by atoms with van der Waals surface area (Å²) in [6.45, 7) is 0. The molecule has 0 aliphatic heterocycles. The summed E-state index contributed by atoms with van der Waals surface area (Å²) >= 11 is 1.18. The second-order valence-electron chi connectivity index (χ2n) is 5.68. The number of nitrogens with one attached hydrogen (secondary N) is 1. The fourth-order valence-electron chi connectivity index (χ4n) is 2.42. The molecule has 8 heteroatoms. The van der Waals surface area contributed by atoms with Crippen LogP contribution in [0.15, 0.2) is 41.8 Å². The summed E-state index contributed by atoms with van der Waals surface area (Å²) in [5.41, 5.74) is 1.52. The van der Waals surface area contributed by atoms with Gasteiger partial charge in [-0.2, -0.15) is 0 Å². The van der Waals surface area contributed by atoms with Crippen LogP contribution in [0.5, 0.6) is 5.75 Å². The van der Waals surface area contributed by atoms with Crippen molar-refractivity contribution >= 4 is 22.4 Å². The Morgan fingerprint density at radius 3 is 2.63 bits per heavy atom. The van der Waals surface area contributed by atoms with Crippen LogP contribution in [0.2, 0.25) is 0 Å². The Hall–Kier alpha value is -2.87. The molecule has 0 saturated heterocycles. The van der Waals surface area contributed by atoms with Crippen LogP contribution in [0, 0.1) is 17.5 Å². The van der Waals surface area contributed by atoms with Crippen molar-refractivity contribution in [3.05, 3.63) is 64.8 Å². The normalized spacial score (nSPS) is 10.7.